The van der Waals surface area contributed by atoms with Crippen molar-refractivity contribution in [2.24, 2.45) is 0 Å². The molecule has 0 radical (unpaired) electrons. The van der Waals surface area contributed by atoms with Gasteiger partial charge in [-0.3, -0.25) is 14.6 Å². The van der Waals surface area contributed by atoms with Gasteiger partial charge in [0.1, 0.15) is 11.5 Å². The number of aryl methyl sites for hydroxylation is 1. The molecule has 0 aliphatic carbocycles. The molecule has 2 heterocycles. The standard InChI is InChI=1S/C25H20ClFN4O2/c1-16-6-7-17(13-28-16)10-24(32)19-8-9-21(27)23(12-19)31-15-18(14-29-31)11-25(33)30-22-5-3-2-4-20(22)26/h2-9,12-15H,10-11H2,1H3,(H,30,33). The average Bonchev–Trinajstić information content (AvgIpc) is 3.25. The highest BCUT2D eigenvalue weighted by molar-refractivity contribution is 6.33. The summed E-state index contributed by atoms with van der Waals surface area (Å²) in [5, 5.41) is 7.34. The average molecular weight is 463 g/mol. The second-order valence-corrected chi connectivity index (χ2v) is 7.98. The molecule has 6 nitrogen and oxygen atoms in total. The number of aromatic nitrogens is 3. The molecule has 0 saturated carbocycles. The molecule has 2 aromatic carbocycles. The number of Topliss-reactive ketones (excluding diaryl/α,β-unsaturated/α-hetero) is 1. The molecule has 0 aliphatic rings. The van der Waals surface area contributed by atoms with Gasteiger partial charge in [0.25, 0.3) is 0 Å². The van der Waals surface area contributed by atoms with Crippen molar-refractivity contribution in [2.75, 3.05) is 5.32 Å². The Hall–Kier alpha value is -3.84. The number of ketones is 1. The lowest BCUT2D eigenvalue weighted by Crippen LogP contribution is -2.14. The molecule has 0 spiro atoms. The Labute approximate surface area is 195 Å². The first-order valence-corrected chi connectivity index (χ1v) is 10.6. The van der Waals surface area contributed by atoms with Gasteiger partial charge in [-0.15, -0.1) is 0 Å². The first-order chi connectivity index (χ1) is 15.9. The lowest BCUT2D eigenvalue weighted by molar-refractivity contribution is -0.115. The van der Waals surface area contributed by atoms with Crippen molar-refractivity contribution >= 4 is 29.0 Å². The number of pyridine rings is 1. The molecular weight excluding hydrogens is 443 g/mol. The van der Waals surface area contributed by atoms with Crippen molar-refractivity contribution in [3.8, 4) is 5.69 Å². The first kappa shape index (κ1) is 22.4. The number of halogens is 2. The van der Waals surface area contributed by atoms with E-state index in [4.69, 9.17) is 11.6 Å². The Balaban J connectivity index is 1.48. The van der Waals surface area contributed by atoms with Gasteiger partial charge >= 0.3 is 0 Å². The van der Waals surface area contributed by atoms with Crippen LogP contribution in [0.1, 0.15) is 27.2 Å². The summed E-state index contributed by atoms with van der Waals surface area (Å²) >= 11 is 6.07. The molecule has 0 bridgehead atoms. The predicted molar refractivity (Wildman–Crippen MR) is 124 cm³/mol. The summed E-state index contributed by atoms with van der Waals surface area (Å²) in [6.07, 6.45) is 4.89. The summed E-state index contributed by atoms with van der Waals surface area (Å²) in [6, 6.07) is 14.8. The van der Waals surface area contributed by atoms with E-state index in [1.807, 2.05) is 19.1 Å². The van der Waals surface area contributed by atoms with E-state index in [0.29, 0.717) is 21.8 Å². The normalized spacial score (nSPS) is 10.8. The zero-order valence-electron chi connectivity index (χ0n) is 17.8. The maximum absolute atomic E-state index is 14.5. The van der Waals surface area contributed by atoms with Crippen molar-refractivity contribution < 1.29 is 14.0 Å². The van der Waals surface area contributed by atoms with Crippen LogP contribution >= 0.6 is 11.6 Å². The number of hydrogen-bond donors (Lipinski definition) is 1. The molecule has 33 heavy (non-hydrogen) atoms. The van der Waals surface area contributed by atoms with Gasteiger partial charge in [0.15, 0.2) is 5.78 Å². The smallest absolute Gasteiger partial charge is 0.228 e. The number of benzene rings is 2. The van der Waals surface area contributed by atoms with Gasteiger partial charge in [0.05, 0.1) is 23.3 Å². The Morgan fingerprint density at radius 3 is 2.61 bits per heavy atom. The fourth-order valence-electron chi connectivity index (χ4n) is 3.28. The van der Waals surface area contributed by atoms with Crippen LogP contribution < -0.4 is 5.32 Å². The minimum absolute atomic E-state index is 0.0336. The summed E-state index contributed by atoms with van der Waals surface area (Å²) in [4.78, 5) is 29.3. The fourth-order valence-corrected chi connectivity index (χ4v) is 3.46. The van der Waals surface area contributed by atoms with Crippen LogP contribution in [0.5, 0.6) is 0 Å². The van der Waals surface area contributed by atoms with Crippen molar-refractivity contribution in [3.63, 3.8) is 0 Å². The highest BCUT2D eigenvalue weighted by Crippen LogP contribution is 2.21. The summed E-state index contributed by atoms with van der Waals surface area (Å²) in [5.41, 5.74) is 3.23. The number of nitrogens with one attached hydrogen (secondary N) is 1. The van der Waals surface area contributed by atoms with Crippen molar-refractivity contribution in [1.82, 2.24) is 14.8 Å². The van der Waals surface area contributed by atoms with Crippen molar-refractivity contribution in [1.29, 1.82) is 0 Å². The summed E-state index contributed by atoms with van der Waals surface area (Å²) in [5.74, 6) is -0.967. The van der Waals surface area contributed by atoms with E-state index in [2.05, 4.69) is 15.4 Å². The van der Waals surface area contributed by atoms with Gasteiger partial charge in [-0.05, 0) is 54.4 Å². The van der Waals surface area contributed by atoms with Crippen LogP contribution in [0.4, 0.5) is 10.1 Å². The Bertz CT molecular complexity index is 1320. The van der Waals surface area contributed by atoms with E-state index in [0.717, 1.165) is 11.3 Å². The molecule has 0 unspecified atom stereocenters. The minimum Gasteiger partial charge on any atom is -0.324 e. The highest BCUT2D eigenvalue weighted by Gasteiger charge is 2.14. The molecule has 4 rings (SSSR count). The molecule has 0 fully saturated rings. The summed E-state index contributed by atoms with van der Waals surface area (Å²) in [7, 11) is 0. The zero-order chi connectivity index (χ0) is 23.4. The van der Waals surface area contributed by atoms with E-state index in [1.165, 1.54) is 29.1 Å². The number of hydrogen-bond acceptors (Lipinski definition) is 4. The van der Waals surface area contributed by atoms with Crippen LogP contribution in [0.25, 0.3) is 5.69 Å². The van der Waals surface area contributed by atoms with Crippen LogP contribution in [-0.2, 0) is 17.6 Å². The topological polar surface area (TPSA) is 76.9 Å². The number of carbonyl (C=O) groups is 2. The molecule has 0 aliphatic heterocycles. The van der Waals surface area contributed by atoms with Crippen LogP contribution in [-0.4, -0.2) is 26.5 Å². The van der Waals surface area contributed by atoms with Crippen molar-refractivity contribution in [2.45, 2.75) is 19.8 Å². The van der Waals surface area contributed by atoms with Crippen LogP contribution in [0.2, 0.25) is 5.02 Å². The Morgan fingerprint density at radius 2 is 1.85 bits per heavy atom. The number of carbonyl (C=O) groups excluding carboxylic acids is 2. The van der Waals surface area contributed by atoms with E-state index < -0.39 is 5.82 Å². The van der Waals surface area contributed by atoms with Gasteiger partial charge in [0.2, 0.25) is 5.91 Å². The maximum Gasteiger partial charge on any atom is 0.228 e. The molecule has 0 atom stereocenters. The summed E-state index contributed by atoms with van der Waals surface area (Å²) in [6.45, 7) is 1.87. The van der Waals surface area contributed by atoms with E-state index in [9.17, 15) is 14.0 Å². The van der Waals surface area contributed by atoms with Crippen molar-refractivity contribution in [3.05, 3.63) is 106 Å². The summed E-state index contributed by atoms with van der Waals surface area (Å²) < 4.78 is 15.8. The van der Waals surface area contributed by atoms with Crippen LogP contribution in [0.15, 0.2) is 73.2 Å². The molecule has 0 saturated heterocycles. The molecule has 8 heteroatoms. The number of anilines is 1. The SMILES string of the molecule is Cc1ccc(CC(=O)c2ccc(F)c(-n3cc(CC(=O)Nc4ccccc4Cl)cn3)c2)cn1. The monoisotopic (exact) mass is 462 g/mol. The third-order valence-corrected chi connectivity index (χ3v) is 5.33. The van der Waals surface area contributed by atoms with Crippen LogP contribution in [0.3, 0.4) is 0 Å². The van der Waals surface area contributed by atoms with Gasteiger partial charge in [-0.1, -0.05) is 29.8 Å². The molecular formula is C25H20ClFN4O2. The molecule has 1 N–H and O–H groups in total. The molecule has 166 valence electrons. The second-order valence-electron chi connectivity index (χ2n) is 7.57. The largest absolute Gasteiger partial charge is 0.324 e. The van der Waals surface area contributed by atoms with Gasteiger partial charge in [0, 0.05) is 30.1 Å². The van der Waals surface area contributed by atoms with Gasteiger partial charge in [-0.2, -0.15) is 5.10 Å². The number of nitrogens with zero attached hydrogens (tertiary/aromatic N) is 3. The maximum atomic E-state index is 14.5. The molecule has 2 aromatic heterocycles. The lowest BCUT2D eigenvalue weighted by atomic mass is 10.0. The molecule has 4 aromatic rings. The van der Waals surface area contributed by atoms with E-state index >= 15 is 0 Å². The minimum atomic E-state index is -0.529. The van der Waals surface area contributed by atoms with Crippen LogP contribution in [0, 0.1) is 12.7 Å². The zero-order valence-corrected chi connectivity index (χ0v) is 18.5. The number of rotatable bonds is 7. The third-order valence-electron chi connectivity index (χ3n) is 5.00. The predicted octanol–water partition coefficient (Wildman–Crippen LogP) is 4.97. The number of para-hydroxylation sites is 1. The van der Waals surface area contributed by atoms with Gasteiger partial charge < -0.3 is 5.32 Å². The number of amides is 1. The third kappa shape index (κ3) is 5.51. The Kier molecular flexibility index (Phi) is 6.60. The first-order valence-electron chi connectivity index (χ1n) is 10.2. The Morgan fingerprint density at radius 1 is 1.03 bits per heavy atom. The quantitative estimate of drug-likeness (QED) is 0.393. The van der Waals surface area contributed by atoms with E-state index in [1.54, 1.807) is 36.7 Å². The second kappa shape index (κ2) is 9.75. The van der Waals surface area contributed by atoms with Gasteiger partial charge in [-0.25, -0.2) is 9.07 Å². The highest BCUT2D eigenvalue weighted by atomic mass is 35.5. The molecule has 1 amide bonds. The van der Waals surface area contributed by atoms with E-state index in [-0.39, 0.29) is 30.2 Å². The lowest BCUT2D eigenvalue weighted by Gasteiger charge is -2.07. The fraction of sp³-hybridized carbons (Fsp3) is 0.120.